The molecule has 0 bridgehead atoms. The maximum Gasteiger partial charge on any atom is 0.416 e. The Morgan fingerprint density at radius 2 is 2.00 bits per heavy atom. The van der Waals surface area contributed by atoms with Gasteiger partial charge in [-0.05, 0) is 19.1 Å². The zero-order valence-corrected chi connectivity index (χ0v) is 9.21. The van der Waals surface area contributed by atoms with Crippen molar-refractivity contribution in [2.24, 2.45) is 0 Å². The first-order valence-electron chi connectivity index (χ1n) is 4.75. The largest absolute Gasteiger partial charge is 0.496 e. The van der Waals surface area contributed by atoms with Gasteiger partial charge in [0.05, 0.1) is 18.6 Å². The Bertz CT molecular complexity index is 426. The third-order valence-corrected chi connectivity index (χ3v) is 2.40. The van der Waals surface area contributed by atoms with Crippen molar-refractivity contribution in [2.45, 2.75) is 19.0 Å². The molecule has 0 saturated carbocycles. The fourth-order valence-corrected chi connectivity index (χ4v) is 1.38. The van der Waals surface area contributed by atoms with Crippen molar-refractivity contribution in [3.63, 3.8) is 0 Å². The van der Waals surface area contributed by atoms with Gasteiger partial charge in [0.15, 0.2) is 0 Å². The van der Waals surface area contributed by atoms with Crippen molar-refractivity contribution in [3.8, 4) is 5.75 Å². The second-order valence-corrected chi connectivity index (χ2v) is 3.51. The van der Waals surface area contributed by atoms with Crippen LogP contribution in [-0.2, 0) is 11.0 Å². The zero-order chi connectivity index (χ0) is 13.2. The summed E-state index contributed by atoms with van der Waals surface area (Å²) in [6, 6.07) is 2.77. The minimum Gasteiger partial charge on any atom is -0.496 e. The smallest absolute Gasteiger partial charge is 0.416 e. The predicted octanol–water partition coefficient (Wildman–Crippen LogP) is 2.90. The highest BCUT2D eigenvalue weighted by Crippen LogP contribution is 2.35. The standard InChI is InChI=1S/C11H11F3O3/c1-6(10(15)16)8-4-3-7(11(12,13)14)5-9(8)17-2/h3-6H,1-2H3,(H,15,16). The Morgan fingerprint density at radius 3 is 2.41 bits per heavy atom. The molecule has 0 aliphatic rings. The molecule has 1 rings (SSSR count). The van der Waals surface area contributed by atoms with E-state index in [0.29, 0.717) is 0 Å². The zero-order valence-electron chi connectivity index (χ0n) is 9.21. The average molecular weight is 248 g/mol. The van der Waals surface area contributed by atoms with Crippen LogP contribution >= 0.6 is 0 Å². The molecule has 1 N–H and O–H groups in total. The maximum absolute atomic E-state index is 12.4. The monoisotopic (exact) mass is 248 g/mol. The quantitative estimate of drug-likeness (QED) is 0.894. The molecule has 1 aromatic rings. The fraction of sp³-hybridized carbons (Fsp3) is 0.364. The SMILES string of the molecule is COc1cc(C(F)(F)F)ccc1C(C)C(=O)O. The van der Waals surface area contributed by atoms with Gasteiger partial charge in [-0.3, -0.25) is 4.79 Å². The van der Waals surface area contributed by atoms with E-state index in [4.69, 9.17) is 9.84 Å². The Hall–Kier alpha value is -1.72. The van der Waals surface area contributed by atoms with Crippen LogP contribution in [0.5, 0.6) is 5.75 Å². The highest BCUT2D eigenvalue weighted by atomic mass is 19.4. The third kappa shape index (κ3) is 2.89. The summed E-state index contributed by atoms with van der Waals surface area (Å²) in [5.41, 5.74) is -0.649. The number of halogens is 3. The van der Waals surface area contributed by atoms with Gasteiger partial charge < -0.3 is 9.84 Å². The number of hydrogen-bond acceptors (Lipinski definition) is 2. The van der Waals surface area contributed by atoms with E-state index in [-0.39, 0.29) is 11.3 Å². The molecule has 3 nitrogen and oxygen atoms in total. The Kier molecular flexibility index (Phi) is 3.65. The van der Waals surface area contributed by atoms with Gasteiger partial charge in [0.25, 0.3) is 0 Å². The molecule has 0 heterocycles. The fourth-order valence-electron chi connectivity index (χ4n) is 1.38. The van der Waals surface area contributed by atoms with E-state index in [1.807, 2.05) is 0 Å². The van der Waals surface area contributed by atoms with Crippen LogP contribution in [-0.4, -0.2) is 18.2 Å². The molecule has 0 aromatic heterocycles. The Balaban J connectivity index is 3.23. The van der Waals surface area contributed by atoms with E-state index in [0.717, 1.165) is 18.2 Å². The number of carboxylic acids is 1. The van der Waals surface area contributed by atoms with Crippen LogP contribution < -0.4 is 4.74 Å². The number of benzene rings is 1. The van der Waals surface area contributed by atoms with Gasteiger partial charge in [0.2, 0.25) is 0 Å². The van der Waals surface area contributed by atoms with Gasteiger partial charge in [-0.25, -0.2) is 0 Å². The van der Waals surface area contributed by atoms with Crippen molar-refractivity contribution in [1.82, 2.24) is 0 Å². The molecule has 0 fully saturated rings. The summed E-state index contributed by atoms with van der Waals surface area (Å²) in [6.07, 6.45) is -4.47. The third-order valence-electron chi connectivity index (χ3n) is 2.40. The van der Waals surface area contributed by atoms with E-state index in [1.165, 1.54) is 14.0 Å². The molecule has 0 saturated heterocycles. The van der Waals surface area contributed by atoms with Crippen LogP contribution in [0.1, 0.15) is 24.0 Å². The van der Waals surface area contributed by atoms with Gasteiger partial charge in [0.1, 0.15) is 5.75 Å². The van der Waals surface area contributed by atoms with Crippen LogP contribution in [0.2, 0.25) is 0 Å². The minimum atomic E-state index is -4.47. The van der Waals surface area contributed by atoms with Gasteiger partial charge >= 0.3 is 12.1 Å². The predicted molar refractivity (Wildman–Crippen MR) is 54.0 cm³/mol. The van der Waals surface area contributed by atoms with Gasteiger partial charge in [-0.15, -0.1) is 0 Å². The molecule has 6 heteroatoms. The summed E-state index contributed by atoms with van der Waals surface area (Å²) >= 11 is 0. The highest BCUT2D eigenvalue weighted by molar-refractivity contribution is 5.76. The number of aliphatic carboxylic acids is 1. The normalized spacial score (nSPS) is 13.2. The van der Waals surface area contributed by atoms with Crippen molar-refractivity contribution in [3.05, 3.63) is 29.3 Å². The molecule has 1 unspecified atom stereocenters. The van der Waals surface area contributed by atoms with E-state index < -0.39 is 23.6 Å². The molecule has 1 atom stereocenters. The molecule has 94 valence electrons. The Labute approximate surface area is 95.8 Å². The minimum absolute atomic E-state index is 0.0743. The van der Waals surface area contributed by atoms with Crippen molar-refractivity contribution < 1.29 is 27.8 Å². The summed E-state index contributed by atoms with van der Waals surface area (Å²) in [6.45, 7) is 1.38. The first-order valence-corrected chi connectivity index (χ1v) is 4.75. The molecule has 0 amide bonds. The molecular weight excluding hydrogens is 237 g/mol. The highest BCUT2D eigenvalue weighted by Gasteiger charge is 2.32. The Morgan fingerprint density at radius 1 is 1.41 bits per heavy atom. The summed E-state index contributed by atoms with van der Waals surface area (Å²) in [7, 11) is 1.20. The van der Waals surface area contributed by atoms with Gasteiger partial charge in [-0.2, -0.15) is 13.2 Å². The summed E-state index contributed by atoms with van der Waals surface area (Å²) in [4.78, 5) is 10.8. The number of carboxylic acid groups (broad SMARTS) is 1. The molecule has 0 spiro atoms. The molecule has 0 aliphatic heterocycles. The van der Waals surface area contributed by atoms with E-state index in [1.54, 1.807) is 0 Å². The number of carbonyl (C=O) groups is 1. The average Bonchev–Trinajstić information content (AvgIpc) is 2.25. The van der Waals surface area contributed by atoms with E-state index in [2.05, 4.69) is 0 Å². The lowest BCUT2D eigenvalue weighted by Gasteiger charge is -2.14. The number of ether oxygens (including phenoxy) is 1. The number of hydrogen-bond donors (Lipinski definition) is 1. The molecule has 0 radical (unpaired) electrons. The van der Waals surface area contributed by atoms with Crippen LogP contribution in [0.15, 0.2) is 18.2 Å². The number of rotatable bonds is 3. The van der Waals surface area contributed by atoms with Crippen LogP contribution in [0.25, 0.3) is 0 Å². The van der Waals surface area contributed by atoms with Gasteiger partial charge in [0, 0.05) is 5.56 Å². The first-order chi connectivity index (χ1) is 7.77. The molecular formula is C11H11F3O3. The first kappa shape index (κ1) is 13.3. The van der Waals surface area contributed by atoms with Crippen LogP contribution in [0.4, 0.5) is 13.2 Å². The second-order valence-electron chi connectivity index (χ2n) is 3.51. The van der Waals surface area contributed by atoms with Crippen molar-refractivity contribution in [2.75, 3.05) is 7.11 Å². The number of alkyl halides is 3. The van der Waals surface area contributed by atoms with E-state index >= 15 is 0 Å². The lowest BCUT2D eigenvalue weighted by molar-refractivity contribution is -0.138. The topological polar surface area (TPSA) is 46.5 Å². The summed E-state index contributed by atoms with van der Waals surface area (Å²) in [5, 5.41) is 8.81. The second kappa shape index (κ2) is 4.65. The van der Waals surface area contributed by atoms with E-state index in [9.17, 15) is 18.0 Å². The summed E-state index contributed by atoms with van der Waals surface area (Å²) < 4.78 is 42.1. The summed E-state index contributed by atoms with van der Waals surface area (Å²) in [5.74, 6) is -2.12. The molecule has 17 heavy (non-hydrogen) atoms. The lowest BCUT2D eigenvalue weighted by Crippen LogP contribution is -2.11. The van der Waals surface area contributed by atoms with Crippen LogP contribution in [0, 0.1) is 0 Å². The maximum atomic E-state index is 12.4. The molecule has 1 aromatic carbocycles. The lowest BCUT2D eigenvalue weighted by atomic mass is 9.98. The van der Waals surface area contributed by atoms with Crippen molar-refractivity contribution in [1.29, 1.82) is 0 Å². The van der Waals surface area contributed by atoms with Crippen LogP contribution in [0.3, 0.4) is 0 Å². The van der Waals surface area contributed by atoms with Crippen molar-refractivity contribution >= 4 is 5.97 Å². The van der Waals surface area contributed by atoms with Gasteiger partial charge in [-0.1, -0.05) is 6.07 Å². The molecule has 0 aliphatic carbocycles. The number of methoxy groups -OCH3 is 1.